The van der Waals surface area contributed by atoms with E-state index in [9.17, 15) is 13.2 Å². The second-order valence-electron chi connectivity index (χ2n) is 7.11. The molecule has 0 spiro atoms. The second kappa shape index (κ2) is 11.1. The zero-order chi connectivity index (χ0) is 23.8. The first-order valence-corrected chi connectivity index (χ1v) is 12.4. The highest BCUT2D eigenvalue weighted by Crippen LogP contribution is 2.23. The van der Waals surface area contributed by atoms with Crippen molar-refractivity contribution in [1.29, 1.82) is 0 Å². The van der Waals surface area contributed by atoms with Crippen LogP contribution in [-0.4, -0.2) is 27.2 Å². The SMILES string of the molecule is CCCOc1ccc(C(=O)Oc2ccc(Br)cc2/C=N\NS(=O)(=O)c2ccc(C)cc2)cc1. The first-order valence-electron chi connectivity index (χ1n) is 10.1. The molecule has 0 aliphatic heterocycles. The number of nitrogens with zero attached hydrogens (tertiary/aromatic N) is 1. The van der Waals surface area contributed by atoms with Crippen LogP contribution in [0.5, 0.6) is 11.5 Å². The molecular weight excluding hydrogens is 508 g/mol. The molecule has 1 N–H and O–H groups in total. The van der Waals surface area contributed by atoms with Gasteiger partial charge in [0.15, 0.2) is 0 Å². The maximum atomic E-state index is 12.6. The van der Waals surface area contributed by atoms with Crippen LogP contribution in [0.3, 0.4) is 0 Å². The molecule has 0 radical (unpaired) electrons. The van der Waals surface area contributed by atoms with Gasteiger partial charge in [-0.25, -0.2) is 9.63 Å². The number of hydrogen-bond acceptors (Lipinski definition) is 6. The average Bonchev–Trinajstić information content (AvgIpc) is 2.80. The molecule has 7 nitrogen and oxygen atoms in total. The van der Waals surface area contributed by atoms with E-state index in [2.05, 4.69) is 25.9 Å². The third kappa shape index (κ3) is 6.90. The minimum Gasteiger partial charge on any atom is -0.494 e. The summed E-state index contributed by atoms with van der Waals surface area (Å²) in [5, 5.41) is 3.84. The highest BCUT2D eigenvalue weighted by molar-refractivity contribution is 9.10. The van der Waals surface area contributed by atoms with E-state index in [1.165, 1.54) is 18.3 Å². The predicted molar refractivity (Wildman–Crippen MR) is 130 cm³/mol. The standard InChI is InChI=1S/C24H23BrN2O5S/c1-3-14-31-21-9-6-18(7-10-21)24(28)32-23-13-8-20(25)15-19(23)16-26-27-33(29,30)22-11-4-17(2)5-12-22/h4-13,15-16,27H,3,14H2,1-2H3/b26-16-. The Morgan fingerprint density at radius 1 is 1.06 bits per heavy atom. The van der Waals surface area contributed by atoms with Crippen molar-refractivity contribution in [2.24, 2.45) is 5.10 Å². The zero-order valence-corrected chi connectivity index (χ0v) is 20.5. The number of ether oxygens (including phenoxy) is 2. The van der Waals surface area contributed by atoms with Crippen molar-refractivity contribution < 1.29 is 22.7 Å². The second-order valence-corrected chi connectivity index (χ2v) is 9.69. The van der Waals surface area contributed by atoms with Crippen molar-refractivity contribution >= 4 is 38.1 Å². The van der Waals surface area contributed by atoms with Crippen LogP contribution in [-0.2, 0) is 10.0 Å². The van der Waals surface area contributed by atoms with Gasteiger partial charge in [-0.05, 0) is 67.9 Å². The van der Waals surface area contributed by atoms with E-state index in [1.54, 1.807) is 54.6 Å². The molecule has 0 saturated heterocycles. The maximum absolute atomic E-state index is 12.6. The summed E-state index contributed by atoms with van der Waals surface area (Å²) in [5.41, 5.74) is 1.71. The molecule has 3 aromatic rings. The Hall–Kier alpha value is -3.17. The van der Waals surface area contributed by atoms with Gasteiger partial charge in [0.2, 0.25) is 0 Å². The Morgan fingerprint density at radius 2 is 1.76 bits per heavy atom. The molecule has 0 unspecified atom stereocenters. The van der Waals surface area contributed by atoms with Gasteiger partial charge < -0.3 is 9.47 Å². The summed E-state index contributed by atoms with van der Waals surface area (Å²) in [4.78, 5) is 14.9. The number of benzene rings is 3. The van der Waals surface area contributed by atoms with Gasteiger partial charge >= 0.3 is 5.97 Å². The van der Waals surface area contributed by atoms with Gasteiger partial charge in [0.05, 0.1) is 23.3 Å². The number of aryl methyl sites for hydroxylation is 1. The van der Waals surface area contributed by atoms with Crippen LogP contribution in [0.4, 0.5) is 0 Å². The third-order valence-electron chi connectivity index (χ3n) is 4.45. The molecule has 3 rings (SSSR count). The number of esters is 1. The molecule has 0 heterocycles. The molecule has 3 aromatic carbocycles. The Balaban J connectivity index is 1.73. The molecule has 0 saturated carbocycles. The van der Waals surface area contributed by atoms with Gasteiger partial charge in [0.1, 0.15) is 11.5 Å². The van der Waals surface area contributed by atoms with Crippen LogP contribution in [0, 0.1) is 6.92 Å². The molecule has 0 amide bonds. The lowest BCUT2D eigenvalue weighted by molar-refractivity contribution is 0.0734. The quantitative estimate of drug-likeness (QED) is 0.180. The summed E-state index contributed by atoms with van der Waals surface area (Å²) in [7, 11) is -3.83. The molecule has 0 fully saturated rings. The summed E-state index contributed by atoms with van der Waals surface area (Å²) in [6, 6.07) is 18.0. The van der Waals surface area contributed by atoms with Crippen LogP contribution in [0.2, 0.25) is 0 Å². The van der Waals surface area contributed by atoms with Crippen LogP contribution < -0.4 is 14.3 Å². The minimum atomic E-state index is -3.83. The van der Waals surface area contributed by atoms with E-state index in [1.807, 2.05) is 13.8 Å². The summed E-state index contributed by atoms with van der Waals surface area (Å²) < 4.78 is 36.6. The van der Waals surface area contributed by atoms with Crippen molar-refractivity contribution in [2.45, 2.75) is 25.2 Å². The molecular formula is C24H23BrN2O5S. The van der Waals surface area contributed by atoms with E-state index in [4.69, 9.17) is 9.47 Å². The van der Waals surface area contributed by atoms with Crippen molar-refractivity contribution in [3.8, 4) is 11.5 Å². The molecule has 0 bridgehead atoms. The average molecular weight is 531 g/mol. The van der Waals surface area contributed by atoms with Crippen molar-refractivity contribution in [1.82, 2.24) is 4.83 Å². The summed E-state index contributed by atoms with van der Waals surface area (Å²) >= 11 is 3.36. The van der Waals surface area contributed by atoms with E-state index in [0.29, 0.717) is 28.0 Å². The summed E-state index contributed by atoms with van der Waals surface area (Å²) in [6.07, 6.45) is 2.17. The van der Waals surface area contributed by atoms with Gasteiger partial charge in [0.25, 0.3) is 10.0 Å². The number of hydrogen-bond donors (Lipinski definition) is 1. The smallest absolute Gasteiger partial charge is 0.343 e. The lowest BCUT2D eigenvalue weighted by Gasteiger charge is -2.09. The summed E-state index contributed by atoms with van der Waals surface area (Å²) in [6.45, 7) is 4.48. The predicted octanol–water partition coefficient (Wildman–Crippen LogP) is 5.08. The van der Waals surface area contributed by atoms with Gasteiger partial charge in [-0.15, -0.1) is 0 Å². The number of carbonyl (C=O) groups excluding carboxylic acids is 1. The van der Waals surface area contributed by atoms with E-state index in [-0.39, 0.29) is 10.6 Å². The number of carbonyl (C=O) groups is 1. The largest absolute Gasteiger partial charge is 0.494 e. The Kier molecular flexibility index (Phi) is 8.24. The molecule has 0 aliphatic rings. The monoisotopic (exact) mass is 530 g/mol. The number of hydrazone groups is 1. The maximum Gasteiger partial charge on any atom is 0.343 e. The fourth-order valence-corrected chi connectivity index (χ4v) is 3.88. The van der Waals surface area contributed by atoms with Crippen LogP contribution >= 0.6 is 15.9 Å². The Labute approximate surface area is 201 Å². The lowest BCUT2D eigenvalue weighted by atomic mass is 10.2. The normalized spacial score (nSPS) is 11.4. The topological polar surface area (TPSA) is 94.1 Å². The highest BCUT2D eigenvalue weighted by Gasteiger charge is 2.14. The minimum absolute atomic E-state index is 0.0949. The highest BCUT2D eigenvalue weighted by atomic mass is 79.9. The molecule has 0 atom stereocenters. The first kappa shape index (κ1) is 24.5. The zero-order valence-electron chi connectivity index (χ0n) is 18.1. The van der Waals surface area contributed by atoms with E-state index in [0.717, 1.165) is 12.0 Å². The van der Waals surface area contributed by atoms with Gasteiger partial charge in [-0.2, -0.15) is 13.5 Å². The van der Waals surface area contributed by atoms with Gasteiger partial charge in [-0.3, -0.25) is 0 Å². The molecule has 0 aliphatic carbocycles. The van der Waals surface area contributed by atoms with E-state index < -0.39 is 16.0 Å². The van der Waals surface area contributed by atoms with Crippen LogP contribution in [0.15, 0.2) is 81.2 Å². The molecule has 172 valence electrons. The molecule has 33 heavy (non-hydrogen) atoms. The van der Waals surface area contributed by atoms with Crippen molar-refractivity contribution in [2.75, 3.05) is 6.61 Å². The Bertz CT molecular complexity index is 1240. The lowest BCUT2D eigenvalue weighted by Crippen LogP contribution is -2.18. The Morgan fingerprint density at radius 3 is 2.42 bits per heavy atom. The number of sulfonamides is 1. The number of rotatable bonds is 9. The fourth-order valence-electron chi connectivity index (χ4n) is 2.71. The fraction of sp³-hybridized carbons (Fsp3) is 0.167. The number of halogens is 1. The van der Waals surface area contributed by atoms with Gasteiger partial charge in [0, 0.05) is 10.0 Å². The van der Waals surface area contributed by atoms with Crippen LogP contribution in [0.1, 0.15) is 34.8 Å². The molecule has 0 aromatic heterocycles. The van der Waals surface area contributed by atoms with Gasteiger partial charge in [-0.1, -0.05) is 40.5 Å². The van der Waals surface area contributed by atoms with Crippen molar-refractivity contribution in [3.63, 3.8) is 0 Å². The van der Waals surface area contributed by atoms with Crippen molar-refractivity contribution in [3.05, 3.63) is 87.9 Å². The summed E-state index contributed by atoms with van der Waals surface area (Å²) in [5.74, 6) is 0.341. The van der Waals surface area contributed by atoms with E-state index >= 15 is 0 Å². The molecule has 9 heteroatoms. The third-order valence-corrected chi connectivity index (χ3v) is 6.18. The van der Waals surface area contributed by atoms with Crippen LogP contribution in [0.25, 0.3) is 0 Å². The number of nitrogens with one attached hydrogen (secondary N) is 1. The first-order chi connectivity index (χ1) is 15.8.